The lowest BCUT2D eigenvalue weighted by molar-refractivity contribution is 0.0415. The van der Waals surface area contributed by atoms with E-state index in [0.29, 0.717) is 6.61 Å². The van der Waals surface area contributed by atoms with Crippen LogP contribution in [0.3, 0.4) is 0 Å². The van der Waals surface area contributed by atoms with Gasteiger partial charge in [-0.3, -0.25) is 0 Å². The van der Waals surface area contributed by atoms with Crippen LogP contribution >= 0.6 is 0 Å². The van der Waals surface area contributed by atoms with Gasteiger partial charge in [-0.05, 0) is 24.3 Å². The average molecular weight is 232 g/mol. The molecule has 0 aliphatic heterocycles. The Hall–Kier alpha value is -2.23. The van der Waals surface area contributed by atoms with Crippen molar-refractivity contribution in [3.8, 4) is 5.75 Å². The van der Waals surface area contributed by atoms with Gasteiger partial charge in [0, 0.05) is 0 Å². The summed E-state index contributed by atoms with van der Waals surface area (Å²) in [5.74, 6) is 0.470. The molecule has 0 atom stereocenters. The molecule has 0 bridgehead atoms. The largest absolute Gasteiger partial charge is 0.490 e. The summed E-state index contributed by atoms with van der Waals surface area (Å²) in [6, 6.07) is 12.5. The van der Waals surface area contributed by atoms with Crippen molar-refractivity contribution in [1.29, 1.82) is 0 Å². The van der Waals surface area contributed by atoms with Gasteiger partial charge in [0.1, 0.15) is 19.0 Å². The Morgan fingerprint density at radius 1 is 1.06 bits per heavy atom. The Kier molecular flexibility index (Phi) is 3.81. The molecule has 0 spiro atoms. The molecule has 0 saturated heterocycles. The number of rotatable bonds is 5. The summed E-state index contributed by atoms with van der Waals surface area (Å²) in [4.78, 5) is 11.3. The second-order valence-electron chi connectivity index (χ2n) is 3.27. The van der Waals surface area contributed by atoms with Gasteiger partial charge in [0.25, 0.3) is 0 Å². The third kappa shape index (κ3) is 3.38. The Balaban J connectivity index is 1.69. The molecule has 0 saturated carbocycles. The van der Waals surface area contributed by atoms with Gasteiger partial charge in [0.2, 0.25) is 5.76 Å². The molecule has 0 amide bonds. The first-order valence-corrected chi connectivity index (χ1v) is 5.25. The van der Waals surface area contributed by atoms with Gasteiger partial charge in [-0.2, -0.15) is 0 Å². The zero-order valence-electron chi connectivity index (χ0n) is 9.17. The maximum absolute atomic E-state index is 11.3. The molecule has 1 aromatic heterocycles. The number of hydrogen-bond acceptors (Lipinski definition) is 4. The molecule has 2 rings (SSSR count). The van der Waals surface area contributed by atoms with Crippen LogP contribution in [0.2, 0.25) is 0 Å². The molecule has 1 heterocycles. The Morgan fingerprint density at radius 3 is 2.59 bits per heavy atom. The topological polar surface area (TPSA) is 48.7 Å². The first-order valence-electron chi connectivity index (χ1n) is 5.25. The van der Waals surface area contributed by atoms with Crippen LogP contribution in [0, 0.1) is 0 Å². The third-order valence-electron chi connectivity index (χ3n) is 2.05. The van der Waals surface area contributed by atoms with Crippen molar-refractivity contribution >= 4 is 5.97 Å². The lowest BCUT2D eigenvalue weighted by Crippen LogP contribution is -2.11. The van der Waals surface area contributed by atoms with Crippen LogP contribution in [0.15, 0.2) is 53.1 Å². The highest BCUT2D eigenvalue weighted by Crippen LogP contribution is 2.08. The van der Waals surface area contributed by atoms with Crippen molar-refractivity contribution in [1.82, 2.24) is 0 Å². The molecule has 88 valence electrons. The maximum atomic E-state index is 11.3. The van der Waals surface area contributed by atoms with Crippen LogP contribution in [-0.2, 0) is 4.74 Å². The van der Waals surface area contributed by atoms with E-state index in [0.717, 1.165) is 5.75 Å². The minimum atomic E-state index is -0.480. The summed E-state index contributed by atoms with van der Waals surface area (Å²) in [6.45, 7) is 0.505. The van der Waals surface area contributed by atoms with E-state index in [-0.39, 0.29) is 12.4 Å². The molecule has 0 fully saturated rings. The van der Waals surface area contributed by atoms with Crippen molar-refractivity contribution in [2.75, 3.05) is 13.2 Å². The van der Waals surface area contributed by atoms with Gasteiger partial charge >= 0.3 is 5.97 Å². The van der Waals surface area contributed by atoms with Gasteiger partial charge in [0.15, 0.2) is 0 Å². The predicted octanol–water partition coefficient (Wildman–Crippen LogP) is 2.52. The highest BCUT2D eigenvalue weighted by molar-refractivity contribution is 5.86. The quantitative estimate of drug-likeness (QED) is 0.587. The van der Waals surface area contributed by atoms with Crippen LogP contribution in [0.25, 0.3) is 0 Å². The first-order chi connectivity index (χ1) is 8.36. The first kappa shape index (κ1) is 11.3. The molecule has 17 heavy (non-hydrogen) atoms. The molecule has 2 aromatic rings. The van der Waals surface area contributed by atoms with Gasteiger partial charge in [-0.15, -0.1) is 0 Å². The molecule has 4 heteroatoms. The lowest BCUT2D eigenvalue weighted by Gasteiger charge is -2.05. The number of carbonyl (C=O) groups is 1. The monoisotopic (exact) mass is 232 g/mol. The summed E-state index contributed by atoms with van der Waals surface area (Å²) in [5, 5.41) is 0. The van der Waals surface area contributed by atoms with Crippen LogP contribution < -0.4 is 4.74 Å². The molecule has 0 N–H and O–H groups in total. The second-order valence-corrected chi connectivity index (χ2v) is 3.27. The van der Waals surface area contributed by atoms with Crippen molar-refractivity contribution in [2.45, 2.75) is 0 Å². The number of esters is 1. The summed E-state index contributed by atoms with van der Waals surface area (Å²) in [5.41, 5.74) is 0. The zero-order chi connectivity index (χ0) is 11.9. The Labute approximate surface area is 98.8 Å². The van der Waals surface area contributed by atoms with E-state index in [2.05, 4.69) is 0 Å². The van der Waals surface area contributed by atoms with Crippen molar-refractivity contribution in [2.24, 2.45) is 0 Å². The highest BCUT2D eigenvalue weighted by atomic mass is 16.6. The Morgan fingerprint density at radius 2 is 1.88 bits per heavy atom. The lowest BCUT2D eigenvalue weighted by atomic mass is 10.3. The van der Waals surface area contributed by atoms with Gasteiger partial charge in [-0.25, -0.2) is 4.79 Å². The number of benzene rings is 1. The minimum Gasteiger partial charge on any atom is -0.490 e. The fourth-order valence-electron chi connectivity index (χ4n) is 1.28. The molecule has 1 aromatic carbocycles. The molecule has 0 radical (unpaired) electrons. The number of carbonyl (C=O) groups excluding carboxylic acids is 1. The van der Waals surface area contributed by atoms with Crippen LogP contribution in [0.4, 0.5) is 0 Å². The number of hydrogen-bond donors (Lipinski definition) is 0. The van der Waals surface area contributed by atoms with Crippen LogP contribution in [-0.4, -0.2) is 19.2 Å². The second kappa shape index (κ2) is 5.75. The third-order valence-corrected chi connectivity index (χ3v) is 2.05. The summed E-state index contributed by atoms with van der Waals surface area (Å²) >= 11 is 0. The molecule has 0 unspecified atom stereocenters. The van der Waals surface area contributed by atoms with Crippen LogP contribution in [0.1, 0.15) is 10.6 Å². The maximum Gasteiger partial charge on any atom is 0.374 e. The van der Waals surface area contributed by atoms with E-state index in [9.17, 15) is 4.79 Å². The van der Waals surface area contributed by atoms with Gasteiger partial charge in [-0.1, -0.05) is 18.2 Å². The fraction of sp³-hybridized carbons (Fsp3) is 0.154. The highest BCUT2D eigenvalue weighted by Gasteiger charge is 2.09. The smallest absolute Gasteiger partial charge is 0.374 e. The average Bonchev–Trinajstić information content (AvgIpc) is 2.89. The molecule has 4 nitrogen and oxygen atoms in total. The minimum absolute atomic E-state index is 0.189. The van der Waals surface area contributed by atoms with Gasteiger partial charge in [0.05, 0.1) is 6.26 Å². The number of para-hydroxylation sites is 1. The van der Waals surface area contributed by atoms with Crippen LogP contribution in [0.5, 0.6) is 5.75 Å². The normalized spacial score (nSPS) is 9.88. The van der Waals surface area contributed by atoms with E-state index < -0.39 is 5.97 Å². The van der Waals surface area contributed by atoms with E-state index in [4.69, 9.17) is 13.9 Å². The van der Waals surface area contributed by atoms with Crippen molar-refractivity contribution in [3.63, 3.8) is 0 Å². The summed E-state index contributed by atoms with van der Waals surface area (Å²) in [7, 11) is 0. The van der Waals surface area contributed by atoms with Crippen molar-refractivity contribution < 1.29 is 18.7 Å². The summed E-state index contributed by atoms with van der Waals surface area (Å²) < 4.78 is 15.2. The molecule has 0 aliphatic carbocycles. The molecular formula is C13H12O4. The SMILES string of the molecule is O=C(OCCOc1ccccc1)c1ccco1. The van der Waals surface area contributed by atoms with E-state index in [1.807, 2.05) is 30.3 Å². The van der Waals surface area contributed by atoms with Crippen molar-refractivity contribution in [3.05, 3.63) is 54.5 Å². The van der Waals surface area contributed by atoms with E-state index >= 15 is 0 Å². The fourth-order valence-corrected chi connectivity index (χ4v) is 1.28. The Bertz CT molecular complexity index is 448. The standard InChI is InChI=1S/C13H12O4/c14-13(12-7-4-8-16-12)17-10-9-15-11-5-2-1-3-6-11/h1-8H,9-10H2. The molecular weight excluding hydrogens is 220 g/mol. The van der Waals surface area contributed by atoms with E-state index in [1.54, 1.807) is 12.1 Å². The van der Waals surface area contributed by atoms with Gasteiger partial charge < -0.3 is 13.9 Å². The zero-order valence-corrected chi connectivity index (χ0v) is 9.17. The summed E-state index contributed by atoms with van der Waals surface area (Å²) in [6.07, 6.45) is 1.43. The molecule has 0 aliphatic rings. The predicted molar refractivity (Wildman–Crippen MR) is 60.9 cm³/mol. The van der Waals surface area contributed by atoms with E-state index in [1.165, 1.54) is 6.26 Å². The number of ether oxygens (including phenoxy) is 2. The number of furan rings is 1.